The zero-order chi connectivity index (χ0) is 17.7. The normalized spacial score (nSPS) is 21.3. The first-order valence-corrected chi connectivity index (χ1v) is 9.11. The van der Waals surface area contributed by atoms with Crippen LogP contribution in [0, 0.1) is 11.3 Å². The number of benzene rings is 1. The lowest BCUT2D eigenvalue weighted by molar-refractivity contribution is -0.133. The number of aryl methyl sites for hydroxylation is 1. The van der Waals surface area contributed by atoms with E-state index in [0.717, 1.165) is 12.2 Å². The minimum Gasteiger partial charge on any atom is -0.322 e. The number of hydrogen-bond acceptors (Lipinski definition) is 4. The summed E-state index contributed by atoms with van der Waals surface area (Å²) in [6.07, 6.45) is -0.164. The molecule has 138 valence electrons. The van der Waals surface area contributed by atoms with E-state index in [2.05, 4.69) is 12.1 Å². The number of hydrogen-bond donors (Lipinski definition) is 1. The highest BCUT2D eigenvalue weighted by atomic mass is 35.5. The molecular weight excluding hydrogens is 361 g/mol. The van der Waals surface area contributed by atoms with Gasteiger partial charge in [0.1, 0.15) is 12.2 Å². The highest BCUT2D eigenvalue weighted by Gasteiger charge is 2.41. The lowest BCUT2D eigenvalue weighted by Gasteiger charge is -2.33. The van der Waals surface area contributed by atoms with Crippen LogP contribution in [-0.2, 0) is 11.2 Å². The van der Waals surface area contributed by atoms with Gasteiger partial charge in [0, 0.05) is 11.2 Å². The number of carbonyl (C=O) groups excluding carboxylic acids is 1. The fourth-order valence-electron chi connectivity index (χ4n) is 2.79. The van der Waals surface area contributed by atoms with E-state index in [-0.39, 0.29) is 31.3 Å². The van der Waals surface area contributed by atoms with E-state index >= 15 is 0 Å². The second-order valence-corrected chi connectivity index (χ2v) is 8.38. The highest BCUT2D eigenvalue weighted by Crippen LogP contribution is 2.31. The van der Waals surface area contributed by atoms with Gasteiger partial charge >= 0.3 is 0 Å². The first kappa shape index (κ1) is 21.8. The van der Waals surface area contributed by atoms with Crippen LogP contribution in [0.5, 0.6) is 0 Å². The lowest BCUT2D eigenvalue weighted by Crippen LogP contribution is -2.54. The van der Waals surface area contributed by atoms with Crippen molar-refractivity contribution < 1.29 is 9.18 Å². The van der Waals surface area contributed by atoms with Crippen molar-refractivity contribution in [2.75, 3.05) is 12.3 Å². The van der Waals surface area contributed by atoms with Gasteiger partial charge in [-0.05, 0) is 31.6 Å². The summed E-state index contributed by atoms with van der Waals surface area (Å²) in [5, 5.41) is 9.10. The predicted molar refractivity (Wildman–Crippen MR) is 103 cm³/mol. The van der Waals surface area contributed by atoms with E-state index in [0.29, 0.717) is 0 Å². The largest absolute Gasteiger partial charge is 0.322 e. The highest BCUT2D eigenvalue weighted by molar-refractivity contribution is 8.00. The van der Waals surface area contributed by atoms with E-state index in [1.54, 1.807) is 11.8 Å². The molecule has 0 aromatic heterocycles. The molecule has 1 aliphatic heterocycles. The van der Waals surface area contributed by atoms with Crippen LogP contribution in [0.3, 0.4) is 0 Å². The Bertz CT molecular complexity index is 608. The molecule has 1 aromatic rings. The number of likely N-dealkylation sites (tertiary alicyclic amines) is 1. The maximum absolute atomic E-state index is 13.5. The molecule has 2 rings (SSSR count). The number of amides is 1. The fraction of sp³-hybridized carbons (Fsp3) is 0.556. The summed E-state index contributed by atoms with van der Waals surface area (Å²) in [6, 6.07) is 10.7. The van der Waals surface area contributed by atoms with Crippen molar-refractivity contribution in [3.8, 4) is 6.07 Å². The summed E-state index contributed by atoms with van der Waals surface area (Å²) in [5.74, 6) is 0.504. The van der Waals surface area contributed by atoms with Crippen LogP contribution in [0.25, 0.3) is 0 Å². The molecule has 1 aliphatic rings. The number of nitriles is 1. The minimum absolute atomic E-state index is 0. The molecule has 1 fully saturated rings. The van der Waals surface area contributed by atoms with Gasteiger partial charge in [-0.3, -0.25) is 4.79 Å². The second kappa shape index (κ2) is 9.42. The molecule has 7 heteroatoms. The number of thioether (sulfide) groups is 1. The SMILES string of the molecule is CC(C)(SCCc1ccccc1)[C@H](N)C(=O)N1C[C@@H](F)C[C@H]1C#N.Cl. The number of rotatable bonds is 6. The monoisotopic (exact) mass is 385 g/mol. The Hall–Kier alpha value is -1.29. The van der Waals surface area contributed by atoms with Gasteiger partial charge in [0.25, 0.3) is 0 Å². The van der Waals surface area contributed by atoms with Gasteiger partial charge in [-0.2, -0.15) is 17.0 Å². The summed E-state index contributed by atoms with van der Waals surface area (Å²) in [6.45, 7) is 3.82. The van der Waals surface area contributed by atoms with E-state index in [1.165, 1.54) is 10.5 Å². The minimum atomic E-state index is -1.14. The molecule has 4 nitrogen and oxygen atoms in total. The van der Waals surface area contributed by atoms with Crippen LogP contribution in [0.1, 0.15) is 25.8 Å². The third-order valence-corrected chi connectivity index (χ3v) is 5.81. The number of halogens is 2. The van der Waals surface area contributed by atoms with Gasteiger partial charge in [-0.1, -0.05) is 30.3 Å². The van der Waals surface area contributed by atoms with Gasteiger partial charge in [0.15, 0.2) is 0 Å². The van der Waals surface area contributed by atoms with Crippen molar-refractivity contribution in [1.29, 1.82) is 5.26 Å². The maximum Gasteiger partial charge on any atom is 0.242 e. The van der Waals surface area contributed by atoms with Gasteiger partial charge in [0.2, 0.25) is 5.91 Å². The predicted octanol–water partition coefficient (Wildman–Crippen LogP) is 2.95. The van der Waals surface area contributed by atoms with E-state index in [9.17, 15) is 9.18 Å². The zero-order valence-corrected chi connectivity index (χ0v) is 16.2. The van der Waals surface area contributed by atoms with Gasteiger partial charge in [0.05, 0.1) is 18.7 Å². The van der Waals surface area contributed by atoms with Crippen LogP contribution in [0.2, 0.25) is 0 Å². The van der Waals surface area contributed by atoms with Crippen LogP contribution >= 0.6 is 24.2 Å². The molecule has 1 saturated heterocycles. The quantitative estimate of drug-likeness (QED) is 0.817. The summed E-state index contributed by atoms with van der Waals surface area (Å²) in [5.41, 5.74) is 7.41. The molecule has 25 heavy (non-hydrogen) atoms. The van der Waals surface area contributed by atoms with Crippen molar-refractivity contribution in [2.45, 2.75) is 49.7 Å². The molecular formula is C18H25ClFN3OS. The number of nitrogens with two attached hydrogens (primary N) is 1. The zero-order valence-electron chi connectivity index (χ0n) is 14.5. The second-order valence-electron chi connectivity index (χ2n) is 6.63. The number of alkyl halides is 1. The molecule has 2 N–H and O–H groups in total. The average molecular weight is 386 g/mol. The topological polar surface area (TPSA) is 70.1 Å². The molecule has 0 spiro atoms. The van der Waals surface area contributed by atoms with Gasteiger partial charge in [-0.25, -0.2) is 4.39 Å². The Labute approximate surface area is 159 Å². The maximum atomic E-state index is 13.5. The van der Waals surface area contributed by atoms with Crippen molar-refractivity contribution in [3.05, 3.63) is 35.9 Å². The Morgan fingerprint density at radius 2 is 2.12 bits per heavy atom. The summed E-state index contributed by atoms with van der Waals surface area (Å²) >= 11 is 1.63. The smallest absolute Gasteiger partial charge is 0.242 e. The molecule has 3 atom stereocenters. The third-order valence-electron chi connectivity index (χ3n) is 4.40. The standard InChI is InChI=1S/C18H24FN3OS.ClH/c1-18(2,24-9-8-13-6-4-3-5-7-13)16(21)17(23)22-12-14(19)10-15(22)11-20;/h3-7,14-16H,8-10,12,21H2,1-2H3;1H/t14-,15-,16+;/m0./s1. The van der Waals surface area contributed by atoms with E-state index < -0.39 is 23.0 Å². The molecule has 0 aliphatic carbocycles. The summed E-state index contributed by atoms with van der Waals surface area (Å²) in [7, 11) is 0. The number of nitrogens with zero attached hydrogens (tertiary/aromatic N) is 2. The molecule has 1 aromatic carbocycles. The Kier molecular flexibility index (Phi) is 8.20. The fourth-order valence-corrected chi connectivity index (χ4v) is 3.94. The van der Waals surface area contributed by atoms with E-state index in [4.69, 9.17) is 11.0 Å². The number of carbonyl (C=O) groups is 1. The van der Waals surface area contributed by atoms with Crippen LogP contribution < -0.4 is 5.73 Å². The van der Waals surface area contributed by atoms with Crippen LogP contribution in [-0.4, -0.2) is 46.1 Å². The molecule has 0 saturated carbocycles. The lowest BCUT2D eigenvalue weighted by atomic mass is 10.0. The van der Waals surface area contributed by atoms with Crippen molar-refractivity contribution in [3.63, 3.8) is 0 Å². The average Bonchev–Trinajstić information content (AvgIpc) is 2.95. The first-order valence-electron chi connectivity index (χ1n) is 8.13. The van der Waals surface area contributed by atoms with Crippen LogP contribution in [0.4, 0.5) is 4.39 Å². The Balaban J connectivity index is 0.00000312. The molecule has 0 bridgehead atoms. The van der Waals surface area contributed by atoms with Gasteiger partial charge < -0.3 is 10.6 Å². The van der Waals surface area contributed by atoms with Gasteiger partial charge in [-0.15, -0.1) is 12.4 Å². The molecule has 1 amide bonds. The third kappa shape index (κ3) is 5.60. The van der Waals surface area contributed by atoms with Crippen molar-refractivity contribution in [2.24, 2.45) is 5.73 Å². The van der Waals surface area contributed by atoms with Crippen molar-refractivity contribution >= 4 is 30.1 Å². The molecule has 1 heterocycles. The first-order chi connectivity index (χ1) is 11.3. The molecule has 0 unspecified atom stereocenters. The summed E-state index contributed by atoms with van der Waals surface area (Å²) < 4.78 is 13.0. The molecule has 0 radical (unpaired) electrons. The van der Waals surface area contributed by atoms with Crippen molar-refractivity contribution in [1.82, 2.24) is 4.90 Å². The Morgan fingerprint density at radius 3 is 2.72 bits per heavy atom. The van der Waals surface area contributed by atoms with E-state index in [1.807, 2.05) is 38.1 Å². The Morgan fingerprint density at radius 1 is 1.48 bits per heavy atom. The van der Waals surface area contributed by atoms with Crippen LogP contribution in [0.15, 0.2) is 30.3 Å². The summed E-state index contributed by atoms with van der Waals surface area (Å²) in [4.78, 5) is 13.9.